The van der Waals surface area contributed by atoms with E-state index in [-0.39, 0.29) is 23.7 Å². The molecule has 0 aromatic heterocycles. The summed E-state index contributed by atoms with van der Waals surface area (Å²) < 4.78 is 24.4. The minimum absolute atomic E-state index is 0.147. The summed E-state index contributed by atoms with van der Waals surface area (Å²) in [5.74, 6) is -1.39. The van der Waals surface area contributed by atoms with Crippen LogP contribution in [0.5, 0.6) is 11.5 Å². The van der Waals surface area contributed by atoms with Crippen molar-refractivity contribution in [3.05, 3.63) is 71.6 Å². The molecule has 2 aromatic carbocycles. The van der Waals surface area contributed by atoms with E-state index in [1.807, 2.05) is 6.92 Å². The molecule has 4 nitrogen and oxygen atoms in total. The van der Waals surface area contributed by atoms with Gasteiger partial charge in [-0.15, -0.1) is 0 Å². The Bertz CT molecular complexity index is 778. The van der Waals surface area contributed by atoms with E-state index in [9.17, 15) is 14.0 Å². The Labute approximate surface area is 139 Å². The fourth-order valence-electron chi connectivity index (χ4n) is 1.79. The average Bonchev–Trinajstić information content (AvgIpc) is 2.54. The number of ether oxygens (including phenoxy) is 2. The summed E-state index contributed by atoms with van der Waals surface area (Å²) >= 11 is 0. The fourth-order valence-corrected chi connectivity index (χ4v) is 1.79. The quantitative estimate of drug-likeness (QED) is 0.459. The molecule has 0 aliphatic carbocycles. The molecular formula is C19H17FO4. The molecule has 0 aliphatic rings. The molecule has 2 aromatic rings. The molecule has 0 unspecified atom stereocenters. The molecular weight excluding hydrogens is 311 g/mol. The van der Waals surface area contributed by atoms with Gasteiger partial charge in [-0.2, -0.15) is 0 Å². The van der Waals surface area contributed by atoms with Crippen molar-refractivity contribution < 1.29 is 23.5 Å². The highest BCUT2D eigenvalue weighted by Gasteiger charge is 2.15. The number of carbonyl (C=O) groups is 2. The van der Waals surface area contributed by atoms with Crippen molar-refractivity contribution in [3.63, 3.8) is 0 Å². The third-order valence-electron chi connectivity index (χ3n) is 3.24. The Morgan fingerprint density at radius 3 is 2.29 bits per heavy atom. The van der Waals surface area contributed by atoms with E-state index in [1.165, 1.54) is 12.1 Å². The molecule has 0 saturated heterocycles. The second kappa shape index (κ2) is 7.55. The first-order chi connectivity index (χ1) is 11.4. The summed E-state index contributed by atoms with van der Waals surface area (Å²) in [4.78, 5) is 23.4. The van der Waals surface area contributed by atoms with Gasteiger partial charge in [0, 0.05) is 6.07 Å². The molecule has 5 heteroatoms. The smallest absolute Gasteiger partial charge is 0.346 e. The lowest BCUT2D eigenvalue weighted by Crippen LogP contribution is -2.13. The van der Waals surface area contributed by atoms with Crippen molar-refractivity contribution in [2.75, 3.05) is 6.61 Å². The highest BCUT2D eigenvalue weighted by molar-refractivity contribution is 5.95. The van der Waals surface area contributed by atoms with E-state index in [0.29, 0.717) is 11.3 Å². The van der Waals surface area contributed by atoms with Crippen LogP contribution >= 0.6 is 0 Å². The molecule has 0 atom stereocenters. The highest BCUT2D eigenvalue weighted by Crippen LogP contribution is 2.19. The molecule has 2 rings (SSSR count). The van der Waals surface area contributed by atoms with E-state index in [1.54, 1.807) is 31.2 Å². The number of hydrogen-bond donors (Lipinski definition) is 0. The second-order valence-electron chi connectivity index (χ2n) is 5.34. The van der Waals surface area contributed by atoms with Crippen LogP contribution in [0.4, 0.5) is 4.39 Å². The number of esters is 1. The van der Waals surface area contributed by atoms with Crippen LogP contribution in [0, 0.1) is 12.7 Å². The van der Waals surface area contributed by atoms with Gasteiger partial charge in [-0.1, -0.05) is 24.3 Å². The molecule has 0 fully saturated rings. The Balaban J connectivity index is 2.05. The van der Waals surface area contributed by atoms with Gasteiger partial charge >= 0.3 is 5.97 Å². The van der Waals surface area contributed by atoms with Gasteiger partial charge in [0.15, 0.2) is 12.4 Å². The first-order valence-corrected chi connectivity index (χ1v) is 7.26. The lowest BCUT2D eigenvalue weighted by Gasteiger charge is -2.08. The highest BCUT2D eigenvalue weighted by atomic mass is 19.1. The Kier molecular flexibility index (Phi) is 5.47. The van der Waals surface area contributed by atoms with Crippen LogP contribution in [-0.4, -0.2) is 18.4 Å². The third-order valence-corrected chi connectivity index (χ3v) is 3.24. The molecule has 0 heterocycles. The predicted octanol–water partition coefficient (Wildman–Crippen LogP) is 3.88. The maximum Gasteiger partial charge on any atom is 0.346 e. The van der Waals surface area contributed by atoms with Crippen molar-refractivity contribution >= 4 is 11.8 Å². The fraction of sp³-hybridized carbons (Fsp3) is 0.158. The Morgan fingerprint density at radius 1 is 1.08 bits per heavy atom. The molecule has 0 radical (unpaired) electrons. The maximum absolute atomic E-state index is 14.1. The van der Waals surface area contributed by atoms with Crippen LogP contribution in [0.1, 0.15) is 22.8 Å². The summed E-state index contributed by atoms with van der Waals surface area (Å²) in [5, 5.41) is 0. The van der Waals surface area contributed by atoms with Gasteiger partial charge in [0.2, 0.25) is 0 Å². The number of ketones is 1. The zero-order valence-electron chi connectivity index (χ0n) is 13.5. The number of Topliss-reactive ketones (excluding diaryl/α,β-unsaturated/α-hetero) is 1. The molecule has 0 amide bonds. The zero-order valence-corrected chi connectivity index (χ0v) is 13.5. The molecule has 0 aliphatic heterocycles. The molecule has 0 N–H and O–H groups in total. The number of carbonyl (C=O) groups excluding carboxylic acids is 2. The van der Waals surface area contributed by atoms with Gasteiger partial charge in [0.05, 0.1) is 5.56 Å². The van der Waals surface area contributed by atoms with Gasteiger partial charge in [0.25, 0.3) is 0 Å². The summed E-state index contributed by atoms with van der Waals surface area (Å²) in [5.41, 5.74) is 1.16. The van der Waals surface area contributed by atoms with E-state index in [0.717, 1.165) is 11.6 Å². The standard InChI is InChI=1S/C19H17FO4/c1-12(2)18(21)11-23-15-8-9-16(17(20)10-15)19(22)24-14-6-4-13(3)5-7-14/h4-10H,1,11H2,2-3H3. The topological polar surface area (TPSA) is 52.6 Å². The lowest BCUT2D eigenvalue weighted by molar-refractivity contribution is -0.117. The van der Waals surface area contributed by atoms with Crippen LogP contribution in [0.2, 0.25) is 0 Å². The Hall–Kier alpha value is -2.95. The molecule has 24 heavy (non-hydrogen) atoms. The predicted molar refractivity (Wildman–Crippen MR) is 87.9 cm³/mol. The van der Waals surface area contributed by atoms with Crippen molar-refractivity contribution in [3.8, 4) is 11.5 Å². The van der Waals surface area contributed by atoms with Crippen LogP contribution < -0.4 is 9.47 Å². The number of aryl methyl sites for hydroxylation is 1. The van der Waals surface area contributed by atoms with Gasteiger partial charge in [-0.3, -0.25) is 4.79 Å². The molecule has 0 spiro atoms. The van der Waals surface area contributed by atoms with Crippen molar-refractivity contribution in [2.45, 2.75) is 13.8 Å². The number of hydrogen-bond acceptors (Lipinski definition) is 4. The number of benzene rings is 2. The van der Waals surface area contributed by atoms with E-state index < -0.39 is 11.8 Å². The van der Waals surface area contributed by atoms with Crippen molar-refractivity contribution in [1.82, 2.24) is 0 Å². The van der Waals surface area contributed by atoms with E-state index in [2.05, 4.69) is 6.58 Å². The maximum atomic E-state index is 14.1. The summed E-state index contributed by atoms with van der Waals surface area (Å²) in [6.45, 7) is 6.74. The van der Waals surface area contributed by atoms with Crippen molar-refractivity contribution in [1.29, 1.82) is 0 Å². The SMILES string of the molecule is C=C(C)C(=O)COc1ccc(C(=O)Oc2ccc(C)cc2)c(F)c1. The van der Waals surface area contributed by atoms with Crippen molar-refractivity contribution in [2.24, 2.45) is 0 Å². The average molecular weight is 328 g/mol. The van der Waals surface area contributed by atoms with Gasteiger partial charge in [-0.05, 0) is 43.7 Å². The van der Waals surface area contributed by atoms with Gasteiger partial charge in [0.1, 0.15) is 17.3 Å². The second-order valence-corrected chi connectivity index (χ2v) is 5.34. The molecule has 124 valence electrons. The number of halogens is 1. The summed E-state index contributed by atoms with van der Waals surface area (Å²) in [6.07, 6.45) is 0. The Morgan fingerprint density at radius 2 is 1.71 bits per heavy atom. The normalized spacial score (nSPS) is 10.1. The minimum atomic E-state index is -0.805. The molecule has 0 bridgehead atoms. The third kappa shape index (κ3) is 4.52. The summed E-state index contributed by atoms with van der Waals surface area (Å²) in [7, 11) is 0. The lowest BCUT2D eigenvalue weighted by atomic mass is 10.2. The summed E-state index contributed by atoms with van der Waals surface area (Å²) in [6, 6.07) is 10.5. The zero-order chi connectivity index (χ0) is 17.7. The van der Waals surface area contributed by atoms with Gasteiger partial charge in [-0.25, -0.2) is 9.18 Å². The van der Waals surface area contributed by atoms with Crippen LogP contribution in [0.25, 0.3) is 0 Å². The first kappa shape index (κ1) is 17.4. The van der Waals surface area contributed by atoms with Crippen LogP contribution in [-0.2, 0) is 4.79 Å². The van der Waals surface area contributed by atoms with Gasteiger partial charge < -0.3 is 9.47 Å². The minimum Gasteiger partial charge on any atom is -0.485 e. The molecule has 0 saturated carbocycles. The van der Waals surface area contributed by atoms with E-state index in [4.69, 9.17) is 9.47 Å². The monoisotopic (exact) mass is 328 g/mol. The van der Waals surface area contributed by atoms with E-state index >= 15 is 0 Å². The number of rotatable bonds is 6. The van der Waals surface area contributed by atoms with Crippen LogP contribution in [0.15, 0.2) is 54.6 Å². The van der Waals surface area contributed by atoms with Crippen LogP contribution in [0.3, 0.4) is 0 Å². The largest absolute Gasteiger partial charge is 0.485 e. The first-order valence-electron chi connectivity index (χ1n) is 7.26.